The van der Waals surface area contributed by atoms with Crippen molar-refractivity contribution >= 4 is 69.7 Å². The van der Waals surface area contributed by atoms with Crippen molar-refractivity contribution in [2.24, 2.45) is 10.6 Å². The molecule has 5 N–H and O–H groups in total. The zero-order valence-corrected chi connectivity index (χ0v) is 21.7. The summed E-state index contributed by atoms with van der Waals surface area (Å²) >= 11 is 3.04. The van der Waals surface area contributed by atoms with Crippen molar-refractivity contribution < 1.29 is 34.2 Å². The number of oxime groups is 1. The molecule has 20 heteroatoms. The van der Waals surface area contributed by atoms with Crippen molar-refractivity contribution in [2.45, 2.75) is 23.1 Å². The standard InChI is InChI=1S/C18H20N10O7S3/c1-2-3-35-23-9(11-21-16(19)38-24-11)12(31)20-10-13(32)27-5-18(15(33)34,6-36-14(10)27)7-37-17-22-25-26-28(17)4-8(29)30/h2,10,14H,1,3-7H2,(H,20,31)(H,29,30)(H,33,34)(H2,19,21,24)/t10?,14-,18?/m1/s1. The molecule has 0 saturated carbocycles. The first kappa shape index (κ1) is 27.3. The van der Waals surface area contributed by atoms with Crippen molar-refractivity contribution in [1.82, 2.24) is 39.8 Å². The van der Waals surface area contributed by atoms with E-state index in [1.165, 1.54) is 22.7 Å². The van der Waals surface area contributed by atoms with Gasteiger partial charge in [-0.25, -0.2) is 4.68 Å². The van der Waals surface area contributed by atoms with Gasteiger partial charge in [-0.2, -0.15) is 9.36 Å². The lowest BCUT2D eigenvalue weighted by Crippen LogP contribution is -2.74. The Bertz CT molecular complexity index is 1300. The summed E-state index contributed by atoms with van der Waals surface area (Å²) in [5, 5.41) is 35.9. The van der Waals surface area contributed by atoms with Gasteiger partial charge >= 0.3 is 11.9 Å². The fourth-order valence-corrected chi connectivity index (χ4v) is 6.69. The molecule has 0 aromatic carbocycles. The molecule has 2 saturated heterocycles. The number of carboxylic acid groups (broad SMARTS) is 2. The Balaban J connectivity index is 1.42. The van der Waals surface area contributed by atoms with Crippen LogP contribution in [-0.2, 0) is 30.6 Å². The highest BCUT2D eigenvalue weighted by atomic mass is 32.2. The van der Waals surface area contributed by atoms with Crippen LogP contribution >= 0.6 is 35.1 Å². The fraction of sp³-hybridized carbons (Fsp3) is 0.444. The predicted octanol–water partition coefficient (Wildman–Crippen LogP) is -1.64. The van der Waals surface area contributed by atoms with Gasteiger partial charge in [-0.15, -0.1) is 16.9 Å². The molecule has 3 atom stereocenters. The van der Waals surface area contributed by atoms with Gasteiger partial charge < -0.3 is 31.0 Å². The summed E-state index contributed by atoms with van der Waals surface area (Å²) in [6.07, 6.45) is 1.42. The summed E-state index contributed by atoms with van der Waals surface area (Å²) in [7, 11) is 0. The van der Waals surface area contributed by atoms with Crippen LogP contribution < -0.4 is 11.1 Å². The number of nitrogens with two attached hydrogens (primary N) is 1. The summed E-state index contributed by atoms with van der Waals surface area (Å²) in [6.45, 7) is 2.91. The number of β-lactam (4-membered cyclic amide) rings is 1. The molecule has 0 radical (unpaired) electrons. The van der Waals surface area contributed by atoms with Gasteiger partial charge in [0.25, 0.3) is 5.91 Å². The van der Waals surface area contributed by atoms with Gasteiger partial charge in [-0.1, -0.05) is 29.6 Å². The zero-order chi connectivity index (χ0) is 27.4. The molecular formula is C18H20N10O7S3. The quantitative estimate of drug-likeness (QED) is 0.0546. The average Bonchev–Trinajstić information content (AvgIpc) is 3.51. The topological polar surface area (TPSA) is 241 Å². The molecule has 38 heavy (non-hydrogen) atoms. The molecule has 4 heterocycles. The molecule has 0 spiro atoms. The second-order valence-corrected chi connectivity index (χ2v) is 10.8. The van der Waals surface area contributed by atoms with E-state index in [0.29, 0.717) is 0 Å². The fourth-order valence-electron chi connectivity index (χ4n) is 3.52. The number of tetrazole rings is 1. The first-order valence-electron chi connectivity index (χ1n) is 10.6. The van der Waals surface area contributed by atoms with Crippen LogP contribution in [0.15, 0.2) is 23.0 Å². The molecule has 17 nitrogen and oxygen atoms in total. The van der Waals surface area contributed by atoms with E-state index >= 15 is 0 Å². The van der Waals surface area contributed by atoms with Crippen molar-refractivity contribution in [3.63, 3.8) is 0 Å². The Morgan fingerprint density at radius 3 is 2.84 bits per heavy atom. The van der Waals surface area contributed by atoms with Crippen LogP contribution in [0.1, 0.15) is 5.82 Å². The number of thioether (sulfide) groups is 2. The number of nitrogen functional groups attached to an aromatic ring is 1. The second kappa shape index (κ2) is 11.3. The Morgan fingerprint density at radius 2 is 2.18 bits per heavy atom. The summed E-state index contributed by atoms with van der Waals surface area (Å²) in [5.74, 6) is -3.49. The normalized spacial score (nSPS) is 22.8. The van der Waals surface area contributed by atoms with E-state index in [2.05, 4.69) is 41.9 Å². The lowest BCUT2D eigenvalue weighted by Gasteiger charge is -2.53. The van der Waals surface area contributed by atoms with Crippen LogP contribution in [0.25, 0.3) is 0 Å². The van der Waals surface area contributed by atoms with Crippen molar-refractivity contribution in [3.8, 4) is 0 Å². The highest BCUT2D eigenvalue weighted by molar-refractivity contribution is 8.00. The minimum absolute atomic E-state index is 0.0167. The molecule has 2 unspecified atom stereocenters. The van der Waals surface area contributed by atoms with Crippen LogP contribution in [0.5, 0.6) is 0 Å². The van der Waals surface area contributed by atoms with Gasteiger partial charge in [0, 0.05) is 29.6 Å². The number of amides is 2. The van der Waals surface area contributed by atoms with Gasteiger partial charge in [-0.3, -0.25) is 19.2 Å². The Hall–Kier alpha value is -3.78. The van der Waals surface area contributed by atoms with E-state index in [-0.39, 0.29) is 46.5 Å². The number of hydrogen-bond donors (Lipinski definition) is 4. The number of nitrogens with one attached hydrogen (secondary N) is 1. The van der Waals surface area contributed by atoms with Crippen molar-refractivity contribution in [1.29, 1.82) is 0 Å². The lowest BCUT2D eigenvalue weighted by molar-refractivity contribution is -0.157. The highest BCUT2D eigenvalue weighted by Crippen LogP contribution is 2.44. The van der Waals surface area contributed by atoms with E-state index in [0.717, 1.165) is 28.0 Å². The average molecular weight is 585 g/mol. The smallest absolute Gasteiger partial charge is 0.325 e. The number of hydrogen-bond acceptors (Lipinski definition) is 15. The number of rotatable bonds is 12. The first-order valence-corrected chi connectivity index (χ1v) is 13.4. The van der Waals surface area contributed by atoms with Gasteiger partial charge in [0.2, 0.25) is 22.6 Å². The largest absolute Gasteiger partial charge is 0.481 e. The molecule has 0 aliphatic carbocycles. The van der Waals surface area contributed by atoms with Crippen LogP contribution in [0.3, 0.4) is 0 Å². The molecule has 2 aliphatic rings. The monoisotopic (exact) mass is 584 g/mol. The number of carboxylic acids is 2. The minimum Gasteiger partial charge on any atom is -0.481 e. The minimum atomic E-state index is -1.36. The van der Waals surface area contributed by atoms with E-state index in [1.807, 2.05) is 0 Å². The molecule has 4 rings (SSSR count). The maximum absolute atomic E-state index is 12.9. The third-order valence-electron chi connectivity index (χ3n) is 5.36. The van der Waals surface area contributed by atoms with Crippen LogP contribution in [0.4, 0.5) is 5.13 Å². The van der Waals surface area contributed by atoms with E-state index in [1.54, 1.807) is 0 Å². The molecule has 0 bridgehead atoms. The van der Waals surface area contributed by atoms with Crippen molar-refractivity contribution in [3.05, 3.63) is 18.5 Å². The summed E-state index contributed by atoms with van der Waals surface area (Å²) < 4.78 is 5.01. The van der Waals surface area contributed by atoms with Crippen LogP contribution in [0.2, 0.25) is 0 Å². The summed E-state index contributed by atoms with van der Waals surface area (Å²) in [5.41, 5.74) is 3.97. The number of aliphatic carboxylic acids is 2. The third-order valence-corrected chi connectivity index (χ3v) is 8.74. The predicted molar refractivity (Wildman–Crippen MR) is 133 cm³/mol. The second-order valence-electron chi connectivity index (χ2n) is 7.99. The van der Waals surface area contributed by atoms with Gasteiger partial charge in [-0.05, 0) is 10.4 Å². The first-order chi connectivity index (χ1) is 18.1. The maximum atomic E-state index is 12.9. The molecule has 2 fully saturated rings. The van der Waals surface area contributed by atoms with Gasteiger partial charge in [0.1, 0.15) is 30.0 Å². The lowest BCUT2D eigenvalue weighted by atomic mass is 9.89. The molecule has 2 amide bonds. The van der Waals surface area contributed by atoms with E-state index < -0.39 is 47.1 Å². The number of carbonyl (C=O) groups is 4. The van der Waals surface area contributed by atoms with Crippen LogP contribution in [0, 0.1) is 5.41 Å². The molecule has 2 aromatic heterocycles. The molecule has 2 aromatic rings. The number of nitrogens with zero attached hydrogens (tertiary/aromatic N) is 8. The number of carbonyl (C=O) groups excluding carboxylic acids is 2. The van der Waals surface area contributed by atoms with Gasteiger partial charge in [0.15, 0.2) is 5.13 Å². The summed E-state index contributed by atoms with van der Waals surface area (Å²) in [4.78, 5) is 59.5. The van der Waals surface area contributed by atoms with E-state index in [9.17, 15) is 24.3 Å². The molecular weight excluding hydrogens is 564 g/mol. The molecule has 202 valence electrons. The van der Waals surface area contributed by atoms with Crippen molar-refractivity contribution in [2.75, 3.05) is 30.4 Å². The number of anilines is 1. The maximum Gasteiger partial charge on any atom is 0.325 e. The Kier molecular flexibility index (Phi) is 8.11. The highest BCUT2D eigenvalue weighted by Gasteiger charge is 2.57. The van der Waals surface area contributed by atoms with Gasteiger partial charge in [0.05, 0.1) is 0 Å². The van der Waals surface area contributed by atoms with Crippen LogP contribution in [-0.4, -0.2) is 110 Å². The summed E-state index contributed by atoms with van der Waals surface area (Å²) in [6, 6.07) is -0.935. The SMILES string of the molecule is C=CCON=C(C(=O)NC1C(=O)N2CC(CSc3nnnn3CC(=O)O)(C(=O)O)CS[C@H]12)c1nsc(N)n1. The molecule has 2 aliphatic heterocycles. The Labute approximate surface area is 226 Å². The Morgan fingerprint density at radius 1 is 1.39 bits per heavy atom. The number of aromatic nitrogens is 6. The zero-order valence-electron chi connectivity index (χ0n) is 19.3. The third kappa shape index (κ3) is 5.55. The van der Waals surface area contributed by atoms with E-state index in [4.69, 9.17) is 15.7 Å². The number of fused-ring (bicyclic) bond motifs is 1.